The zero-order valence-corrected chi connectivity index (χ0v) is 13.5. The summed E-state index contributed by atoms with van der Waals surface area (Å²) < 4.78 is 25.9. The third kappa shape index (κ3) is 7.24. The molecule has 0 atom stereocenters. The molecule has 1 amide bonds. The fraction of sp³-hybridized carbons (Fsp3) is 0.533. The van der Waals surface area contributed by atoms with Gasteiger partial charge in [-0.25, -0.2) is 13.1 Å². The highest BCUT2D eigenvalue weighted by atomic mass is 32.2. The summed E-state index contributed by atoms with van der Waals surface area (Å²) in [4.78, 5) is 13.3. The van der Waals surface area contributed by atoms with Crippen LogP contribution in [0.3, 0.4) is 0 Å². The van der Waals surface area contributed by atoms with E-state index in [9.17, 15) is 13.2 Å². The number of carbonyl (C=O) groups is 1. The largest absolute Gasteiger partial charge is 0.337 e. The number of benzene rings is 1. The highest BCUT2D eigenvalue weighted by Gasteiger charge is 2.12. The maximum absolute atomic E-state index is 11.7. The lowest BCUT2D eigenvalue weighted by Crippen LogP contribution is -2.37. The van der Waals surface area contributed by atoms with E-state index in [1.807, 2.05) is 37.3 Å². The first-order valence-corrected chi connectivity index (χ1v) is 8.86. The molecule has 0 bridgehead atoms. The summed E-state index contributed by atoms with van der Waals surface area (Å²) in [6.07, 6.45) is 1.49. The molecule has 0 spiro atoms. The second-order valence-electron chi connectivity index (χ2n) is 4.99. The Kier molecular flexibility index (Phi) is 7.39. The number of sulfonamides is 1. The summed E-state index contributed by atoms with van der Waals surface area (Å²) in [7, 11) is -3.23. The van der Waals surface area contributed by atoms with Gasteiger partial charge in [0.25, 0.3) is 0 Å². The van der Waals surface area contributed by atoms with Gasteiger partial charge in [0, 0.05) is 26.6 Å². The summed E-state index contributed by atoms with van der Waals surface area (Å²) >= 11 is 0. The van der Waals surface area contributed by atoms with Gasteiger partial charge in [0.15, 0.2) is 0 Å². The number of amides is 1. The van der Waals surface area contributed by atoms with Crippen molar-refractivity contribution in [2.45, 2.75) is 33.2 Å². The Morgan fingerprint density at radius 2 is 1.90 bits per heavy atom. The van der Waals surface area contributed by atoms with Crippen LogP contribution >= 0.6 is 0 Å². The quantitative estimate of drug-likeness (QED) is 0.755. The topological polar surface area (TPSA) is 66.5 Å². The van der Waals surface area contributed by atoms with E-state index in [4.69, 9.17) is 0 Å². The van der Waals surface area contributed by atoms with Crippen molar-refractivity contribution in [3.8, 4) is 0 Å². The molecule has 0 aliphatic carbocycles. The molecule has 0 unspecified atom stereocenters. The van der Waals surface area contributed by atoms with Crippen LogP contribution in [0.2, 0.25) is 0 Å². The molecule has 0 heterocycles. The lowest BCUT2D eigenvalue weighted by molar-refractivity contribution is -0.129. The SMILES string of the molecule is CCCCS(=O)(=O)NCCN(Cc1ccccc1)C(C)=O. The minimum atomic E-state index is -3.23. The van der Waals surface area contributed by atoms with Gasteiger partial charge in [0.05, 0.1) is 5.75 Å². The van der Waals surface area contributed by atoms with Crippen LogP contribution < -0.4 is 4.72 Å². The van der Waals surface area contributed by atoms with Crippen molar-refractivity contribution in [3.63, 3.8) is 0 Å². The van der Waals surface area contributed by atoms with Crippen LogP contribution in [0.25, 0.3) is 0 Å². The number of nitrogens with zero attached hydrogens (tertiary/aromatic N) is 1. The van der Waals surface area contributed by atoms with Gasteiger partial charge in [-0.3, -0.25) is 4.79 Å². The highest BCUT2D eigenvalue weighted by molar-refractivity contribution is 7.89. The first-order chi connectivity index (χ1) is 9.94. The van der Waals surface area contributed by atoms with Crippen molar-refractivity contribution in [2.75, 3.05) is 18.8 Å². The van der Waals surface area contributed by atoms with E-state index in [2.05, 4.69) is 4.72 Å². The number of hydrogen-bond acceptors (Lipinski definition) is 3. The molecular weight excluding hydrogens is 288 g/mol. The van der Waals surface area contributed by atoms with Crippen LogP contribution in [0.4, 0.5) is 0 Å². The summed E-state index contributed by atoms with van der Waals surface area (Å²) in [6.45, 7) is 4.56. The number of rotatable bonds is 9. The fourth-order valence-corrected chi connectivity index (χ4v) is 3.11. The van der Waals surface area contributed by atoms with Crippen LogP contribution in [-0.2, 0) is 21.4 Å². The van der Waals surface area contributed by atoms with E-state index in [0.717, 1.165) is 12.0 Å². The number of nitrogens with one attached hydrogen (secondary N) is 1. The molecule has 0 aliphatic heterocycles. The number of hydrogen-bond donors (Lipinski definition) is 1. The standard InChI is InChI=1S/C15H24N2O3S/c1-3-4-12-21(19,20)16-10-11-17(14(2)18)13-15-8-6-5-7-9-15/h5-9,16H,3-4,10-13H2,1-2H3. The Balaban J connectivity index is 2.47. The van der Waals surface area contributed by atoms with Gasteiger partial charge in [-0.1, -0.05) is 43.7 Å². The van der Waals surface area contributed by atoms with Gasteiger partial charge in [-0.15, -0.1) is 0 Å². The first kappa shape index (κ1) is 17.7. The van der Waals surface area contributed by atoms with Crippen LogP contribution in [-0.4, -0.2) is 38.1 Å². The Morgan fingerprint density at radius 1 is 1.24 bits per heavy atom. The zero-order chi connectivity index (χ0) is 15.7. The van der Waals surface area contributed by atoms with Crippen LogP contribution in [0, 0.1) is 0 Å². The second-order valence-corrected chi connectivity index (χ2v) is 6.92. The molecule has 0 saturated carbocycles. The lowest BCUT2D eigenvalue weighted by Gasteiger charge is -2.21. The van der Waals surface area contributed by atoms with Crippen LogP contribution in [0.5, 0.6) is 0 Å². The lowest BCUT2D eigenvalue weighted by atomic mass is 10.2. The van der Waals surface area contributed by atoms with Crippen molar-refractivity contribution in [1.82, 2.24) is 9.62 Å². The molecule has 118 valence electrons. The molecular formula is C15H24N2O3S. The molecule has 1 aromatic rings. The van der Waals surface area contributed by atoms with E-state index < -0.39 is 10.0 Å². The summed E-state index contributed by atoms with van der Waals surface area (Å²) in [5, 5.41) is 0. The van der Waals surface area contributed by atoms with Gasteiger partial charge in [-0.2, -0.15) is 0 Å². The molecule has 5 nitrogen and oxygen atoms in total. The number of unbranched alkanes of at least 4 members (excludes halogenated alkanes) is 1. The fourth-order valence-electron chi connectivity index (χ4n) is 1.89. The molecule has 6 heteroatoms. The molecule has 0 aliphatic rings. The molecule has 0 radical (unpaired) electrons. The first-order valence-electron chi connectivity index (χ1n) is 7.21. The van der Waals surface area contributed by atoms with E-state index in [-0.39, 0.29) is 18.2 Å². The minimum Gasteiger partial charge on any atom is -0.337 e. The van der Waals surface area contributed by atoms with Crippen molar-refractivity contribution in [2.24, 2.45) is 0 Å². The Bertz CT molecular complexity index is 529. The third-order valence-corrected chi connectivity index (χ3v) is 4.60. The Labute approximate surface area is 127 Å². The van der Waals surface area contributed by atoms with Crippen LogP contribution in [0.15, 0.2) is 30.3 Å². The Hall–Kier alpha value is -1.40. The van der Waals surface area contributed by atoms with Gasteiger partial charge < -0.3 is 4.90 Å². The minimum absolute atomic E-state index is 0.0633. The van der Waals surface area contributed by atoms with Crippen molar-refractivity contribution >= 4 is 15.9 Å². The summed E-state index contributed by atoms with van der Waals surface area (Å²) in [6, 6.07) is 9.65. The van der Waals surface area contributed by atoms with Crippen molar-refractivity contribution in [1.29, 1.82) is 0 Å². The summed E-state index contributed by atoms with van der Waals surface area (Å²) in [5.74, 6) is 0.0778. The normalized spacial score (nSPS) is 11.3. The van der Waals surface area contributed by atoms with E-state index in [1.165, 1.54) is 6.92 Å². The predicted molar refractivity (Wildman–Crippen MR) is 84.2 cm³/mol. The van der Waals surface area contributed by atoms with E-state index >= 15 is 0 Å². The number of carbonyl (C=O) groups excluding carboxylic acids is 1. The monoisotopic (exact) mass is 312 g/mol. The van der Waals surface area contributed by atoms with Gasteiger partial charge in [0.2, 0.25) is 15.9 Å². The molecule has 0 saturated heterocycles. The maximum atomic E-state index is 11.7. The molecule has 1 rings (SSSR count). The average Bonchev–Trinajstić information content (AvgIpc) is 2.45. The molecule has 1 N–H and O–H groups in total. The molecule has 1 aromatic carbocycles. The molecule has 0 fully saturated rings. The second kappa shape index (κ2) is 8.79. The van der Waals surface area contributed by atoms with Crippen LogP contribution in [0.1, 0.15) is 32.3 Å². The Morgan fingerprint density at radius 3 is 2.48 bits per heavy atom. The van der Waals surface area contributed by atoms with E-state index in [0.29, 0.717) is 19.5 Å². The van der Waals surface area contributed by atoms with Crippen molar-refractivity contribution < 1.29 is 13.2 Å². The van der Waals surface area contributed by atoms with Gasteiger partial charge >= 0.3 is 0 Å². The van der Waals surface area contributed by atoms with Gasteiger partial charge in [0.1, 0.15) is 0 Å². The van der Waals surface area contributed by atoms with Crippen molar-refractivity contribution in [3.05, 3.63) is 35.9 Å². The average molecular weight is 312 g/mol. The maximum Gasteiger partial charge on any atom is 0.219 e. The molecule has 21 heavy (non-hydrogen) atoms. The molecule has 0 aromatic heterocycles. The summed E-state index contributed by atoms with van der Waals surface area (Å²) in [5.41, 5.74) is 1.03. The predicted octanol–water partition coefficient (Wildman–Crippen LogP) is 1.75. The highest BCUT2D eigenvalue weighted by Crippen LogP contribution is 2.04. The smallest absolute Gasteiger partial charge is 0.219 e. The van der Waals surface area contributed by atoms with Gasteiger partial charge in [-0.05, 0) is 12.0 Å². The van der Waals surface area contributed by atoms with E-state index in [1.54, 1.807) is 4.90 Å². The zero-order valence-electron chi connectivity index (χ0n) is 12.7. The third-order valence-electron chi connectivity index (χ3n) is 3.13.